The lowest BCUT2D eigenvalue weighted by molar-refractivity contribution is -0.0877. The molecule has 0 saturated carbocycles. The quantitative estimate of drug-likeness (QED) is 0.882. The Bertz CT molecular complexity index is 392. The van der Waals surface area contributed by atoms with Gasteiger partial charge < -0.3 is 9.84 Å². The van der Waals surface area contributed by atoms with E-state index in [1.54, 1.807) is 0 Å². The van der Waals surface area contributed by atoms with Crippen LogP contribution in [-0.2, 0) is 11.2 Å². The molecule has 1 N–H and O–H groups in total. The lowest BCUT2D eigenvalue weighted by Gasteiger charge is -2.35. The van der Waals surface area contributed by atoms with Crippen molar-refractivity contribution >= 4 is 0 Å². The predicted molar refractivity (Wildman–Crippen MR) is 77.4 cm³/mol. The average molecular weight is 263 g/mol. The Morgan fingerprint density at radius 1 is 1.47 bits per heavy atom. The minimum Gasteiger partial charge on any atom is -0.390 e. The van der Waals surface area contributed by atoms with E-state index >= 15 is 0 Å². The van der Waals surface area contributed by atoms with Crippen molar-refractivity contribution in [3.63, 3.8) is 0 Å². The molecule has 0 bridgehead atoms. The standard InChI is InChI=1S/C16H25NO2/c1-3-7-17-8-9-19-16(12-17)15(18)11-14-6-4-5-13(2)10-14/h4-6,10,15-16,18H,3,7-9,11-12H2,1-2H3. The summed E-state index contributed by atoms with van der Waals surface area (Å²) in [6.45, 7) is 7.93. The van der Waals surface area contributed by atoms with E-state index in [1.165, 1.54) is 11.1 Å². The second-order valence-electron chi connectivity index (χ2n) is 5.47. The molecular weight excluding hydrogens is 238 g/mol. The van der Waals surface area contributed by atoms with Crippen LogP contribution in [0.5, 0.6) is 0 Å². The Kier molecular flexibility index (Phi) is 5.37. The number of benzene rings is 1. The van der Waals surface area contributed by atoms with Crippen molar-refractivity contribution in [3.05, 3.63) is 35.4 Å². The van der Waals surface area contributed by atoms with Crippen LogP contribution in [-0.4, -0.2) is 48.5 Å². The average Bonchev–Trinajstić information content (AvgIpc) is 2.39. The number of aryl methyl sites for hydroxylation is 1. The van der Waals surface area contributed by atoms with Crippen molar-refractivity contribution in [2.75, 3.05) is 26.2 Å². The number of rotatable bonds is 5. The molecule has 2 unspecified atom stereocenters. The van der Waals surface area contributed by atoms with Crippen molar-refractivity contribution in [3.8, 4) is 0 Å². The van der Waals surface area contributed by atoms with Gasteiger partial charge in [-0.2, -0.15) is 0 Å². The molecule has 0 amide bonds. The molecule has 0 aromatic heterocycles. The van der Waals surface area contributed by atoms with Crippen LogP contribution in [0, 0.1) is 6.92 Å². The van der Waals surface area contributed by atoms with Crippen LogP contribution in [0.4, 0.5) is 0 Å². The highest BCUT2D eigenvalue weighted by atomic mass is 16.5. The molecule has 1 aliphatic heterocycles. The van der Waals surface area contributed by atoms with Crippen LogP contribution in [0.25, 0.3) is 0 Å². The summed E-state index contributed by atoms with van der Waals surface area (Å²) in [5, 5.41) is 10.4. The predicted octanol–water partition coefficient (Wildman–Crippen LogP) is 2.01. The number of ether oxygens (including phenoxy) is 1. The number of hydrogen-bond acceptors (Lipinski definition) is 3. The van der Waals surface area contributed by atoms with Gasteiger partial charge in [0.1, 0.15) is 0 Å². The van der Waals surface area contributed by atoms with E-state index in [-0.39, 0.29) is 6.10 Å². The van der Waals surface area contributed by atoms with Gasteiger partial charge >= 0.3 is 0 Å². The Hall–Kier alpha value is -0.900. The molecule has 0 aliphatic carbocycles. The fourth-order valence-electron chi connectivity index (χ4n) is 2.70. The highest BCUT2D eigenvalue weighted by molar-refractivity contribution is 5.22. The van der Waals surface area contributed by atoms with E-state index in [0.29, 0.717) is 6.42 Å². The van der Waals surface area contributed by atoms with E-state index in [0.717, 1.165) is 32.7 Å². The minimum atomic E-state index is -0.415. The molecule has 0 radical (unpaired) electrons. The van der Waals surface area contributed by atoms with Crippen molar-refractivity contribution in [2.45, 2.75) is 38.9 Å². The first-order valence-electron chi connectivity index (χ1n) is 7.26. The van der Waals surface area contributed by atoms with Gasteiger partial charge in [-0.1, -0.05) is 36.8 Å². The summed E-state index contributed by atoms with van der Waals surface area (Å²) in [6.07, 6.45) is 1.36. The molecule has 106 valence electrons. The molecular formula is C16H25NO2. The summed E-state index contributed by atoms with van der Waals surface area (Å²) in [6, 6.07) is 8.33. The zero-order valence-corrected chi connectivity index (χ0v) is 12.0. The maximum Gasteiger partial charge on any atom is 0.0964 e. The third-order valence-electron chi connectivity index (χ3n) is 3.67. The first-order chi connectivity index (χ1) is 9.19. The van der Waals surface area contributed by atoms with E-state index in [2.05, 4.69) is 36.9 Å². The third kappa shape index (κ3) is 4.30. The molecule has 3 heteroatoms. The van der Waals surface area contributed by atoms with E-state index in [4.69, 9.17) is 4.74 Å². The van der Waals surface area contributed by atoms with Crippen LogP contribution in [0.1, 0.15) is 24.5 Å². The summed E-state index contributed by atoms with van der Waals surface area (Å²) in [5.74, 6) is 0. The van der Waals surface area contributed by atoms with Crippen LogP contribution < -0.4 is 0 Å². The number of aliphatic hydroxyl groups excluding tert-OH is 1. The first-order valence-corrected chi connectivity index (χ1v) is 7.26. The summed E-state index contributed by atoms with van der Waals surface area (Å²) in [5.41, 5.74) is 2.42. The van der Waals surface area contributed by atoms with Gasteiger partial charge in [0, 0.05) is 19.5 Å². The van der Waals surface area contributed by atoms with Crippen molar-refractivity contribution in [1.82, 2.24) is 4.90 Å². The van der Waals surface area contributed by atoms with Crippen LogP contribution in [0.3, 0.4) is 0 Å². The second kappa shape index (κ2) is 7.04. The molecule has 1 fully saturated rings. The topological polar surface area (TPSA) is 32.7 Å². The van der Waals surface area contributed by atoms with Gasteiger partial charge in [0.05, 0.1) is 18.8 Å². The zero-order valence-electron chi connectivity index (χ0n) is 12.0. The van der Waals surface area contributed by atoms with Gasteiger partial charge in [-0.05, 0) is 25.5 Å². The maximum absolute atomic E-state index is 10.4. The summed E-state index contributed by atoms with van der Waals surface area (Å²) >= 11 is 0. The largest absolute Gasteiger partial charge is 0.390 e. The molecule has 2 rings (SSSR count). The van der Waals surface area contributed by atoms with Gasteiger partial charge in [0.15, 0.2) is 0 Å². The van der Waals surface area contributed by atoms with E-state index < -0.39 is 6.10 Å². The highest BCUT2D eigenvalue weighted by Crippen LogP contribution is 2.14. The van der Waals surface area contributed by atoms with Gasteiger partial charge in [-0.25, -0.2) is 0 Å². The third-order valence-corrected chi connectivity index (χ3v) is 3.67. The lowest BCUT2D eigenvalue weighted by atomic mass is 10.0. The molecule has 3 nitrogen and oxygen atoms in total. The smallest absolute Gasteiger partial charge is 0.0964 e. The van der Waals surface area contributed by atoms with Crippen molar-refractivity contribution in [2.24, 2.45) is 0 Å². The first kappa shape index (κ1) is 14.5. The van der Waals surface area contributed by atoms with Gasteiger partial charge in [-0.3, -0.25) is 4.90 Å². The van der Waals surface area contributed by atoms with E-state index in [9.17, 15) is 5.11 Å². The normalized spacial score (nSPS) is 22.4. The highest BCUT2D eigenvalue weighted by Gasteiger charge is 2.26. The second-order valence-corrected chi connectivity index (χ2v) is 5.47. The molecule has 1 aromatic carbocycles. The van der Waals surface area contributed by atoms with Crippen LogP contribution >= 0.6 is 0 Å². The Morgan fingerprint density at radius 3 is 3.05 bits per heavy atom. The van der Waals surface area contributed by atoms with Gasteiger partial charge in [0.2, 0.25) is 0 Å². The van der Waals surface area contributed by atoms with Crippen LogP contribution in [0.15, 0.2) is 24.3 Å². The maximum atomic E-state index is 10.4. The zero-order chi connectivity index (χ0) is 13.7. The van der Waals surface area contributed by atoms with Crippen molar-refractivity contribution < 1.29 is 9.84 Å². The molecule has 0 spiro atoms. The fraction of sp³-hybridized carbons (Fsp3) is 0.625. The molecule has 1 heterocycles. The number of morpholine rings is 1. The van der Waals surface area contributed by atoms with E-state index in [1.807, 2.05) is 6.07 Å². The summed E-state index contributed by atoms with van der Waals surface area (Å²) in [4.78, 5) is 2.38. The number of nitrogens with zero attached hydrogens (tertiary/aromatic N) is 1. The molecule has 1 aromatic rings. The fourth-order valence-corrected chi connectivity index (χ4v) is 2.70. The molecule has 1 aliphatic rings. The Morgan fingerprint density at radius 2 is 2.32 bits per heavy atom. The SMILES string of the molecule is CCCN1CCOC(C(O)Cc2cccc(C)c2)C1. The molecule has 2 atom stereocenters. The van der Waals surface area contributed by atoms with Crippen molar-refractivity contribution in [1.29, 1.82) is 0 Å². The molecule has 1 saturated heterocycles. The van der Waals surface area contributed by atoms with Gasteiger partial charge in [-0.15, -0.1) is 0 Å². The summed E-state index contributed by atoms with van der Waals surface area (Å²) < 4.78 is 5.73. The van der Waals surface area contributed by atoms with Gasteiger partial charge in [0.25, 0.3) is 0 Å². The number of aliphatic hydroxyl groups is 1. The Labute approximate surface area is 116 Å². The summed E-state index contributed by atoms with van der Waals surface area (Å²) in [7, 11) is 0. The number of hydrogen-bond donors (Lipinski definition) is 1. The monoisotopic (exact) mass is 263 g/mol. The Balaban J connectivity index is 1.90. The molecule has 19 heavy (non-hydrogen) atoms. The lowest BCUT2D eigenvalue weighted by Crippen LogP contribution is -2.48. The minimum absolute atomic E-state index is 0.0548. The van der Waals surface area contributed by atoms with Crippen LogP contribution in [0.2, 0.25) is 0 Å².